The number of fused-ring (bicyclic) bond motifs is 1. The maximum absolute atomic E-state index is 12.3. The van der Waals surface area contributed by atoms with Crippen molar-refractivity contribution >= 4 is 34.6 Å². The van der Waals surface area contributed by atoms with Crippen molar-refractivity contribution in [3.8, 4) is 0 Å². The van der Waals surface area contributed by atoms with Crippen LogP contribution in [0.3, 0.4) is 0 Å². The molecule has 0 aromatic carbocycles. The third-order valence-electron chi connectivity index (χ3n) is 4.73. The summed E-state index contributed by atoms with van der Waals surface area (Å²) in [7, 11) is 0. The Morgan fingerprint density at radius 2 is 1.79 bits per heavy atom. The molecule has 28 heavy (non-hydrogen) atoms. The Morgan fingerprint density at radius 3 is 2.25 bits per heavy atom. The minimum atomic E-state index is -5.08. The number of aromatic nitrogens is 1. The molecule has 4 rings (SSSR count). The van der Waals surface area contributed by atoms with E-state index in [2.05, 4.69) is 26.7 Å². The number of likely N-dealkylation sites (tertiary alicyclic amines) is 2. The highest BCUT2D eigenvalue weighted by molar-refractivity contribution is 7.08. The van der Waals surface area contributed by atoms with Gasteiger partial charge in [-0.05, 0) is 34.2 Å². The molecule has 2 aliphatic heterocycles. The maximum atomic E-state index is 12.3. The van der Waals surface area contributed by atoms with Crippen LogP contribution < -0.4 is 0 Å². The number of carbonyl (C=O) groups is 2. The zero-order valence-electron chi connectivity index (χ0n) is 14.6. The number of rotatable bonds is 3. The van der Waals surface area contributed by atoms with Gasteiger partial charge >= 0.3 is 12.1 Å². The number of carboxylic acid groups (broad SMARTS) is 1. The van der Waals surface area contributed by atoms with Crippen LogP contribution in [-0.4, -0.2) is 64.1 Å². The SMILES string of the molecule is O=C(O)C(F)(F)F.O=C(c1cscn1)N1CC2CN(Cc3ccsc3)CC2C1. The summed E-state index contributed by atoms with van der Waals surface area (Å²) in [6.45, 7) is 5.06. The Balaban J connectivity index is 0.000000279. The monoisotopic (exact) mass is 433 g/mol. The molecule has 152 valence electrons. The van der Waals surface area contributed by atoms with Crippen LogP contribution in [0.1, 0.15) is 16.1 Å². The van der Waals surface area contributed by atoms with E-state index in [9.17, 15) is 18.0 Å². The van der Waals surface area contributed by atoms with E-state index in [0.717, 1.165) is 32.7 Å². The van der Waals surface area contributed by atoms with Gasteiger partial charge in [0.1, 0.15) is 5.69 Å². The largest absolute Gasteiger partial charge is 0.490 e. The average Bonchev–Trinajstić information content (AvgIpc) is 3.39. The molecule has 0 spiro atoms. The second-order valence-electron chi connectivity index (χ2n) is 6.73. The summed E-state index contributed by atoms with van der Waals surface area (Å²) in [5.41, 5.74) is 3.75. The number of hydrogen-bond acceptors (Lipinski definition) is 6. The van der Waals surface area contributed by atoms with Crippen molar-refractivity contribution in [2.45, 2.75) is 12.7 Å². The molecular weight excluding hydrogens is 415 g/mol. The van der Waals surface area contributed by atoms with Crippen LogP contribution in [0.4, 0.5) is 13.2 Å². The Hall–Kier alpha value is -1.98. The van der Waals surface area contributed by atoms with E-state index >= 15 is 0 Å². The summed E-state index contributed by atoms with van der Waals surface area (Å²) in [4.78, 5) is 29.9. The first kappa shape index (κ1) is 20.7. The molecule has 2 fully saturated rings. The van der Waals surface area contributed by atoms with Crippen LogP contribution in [0.25, 0.3) is 0 Å². The summed E-state index contributed by atoms with van der Waals surface area (Å²) in [6, 6.07) is 2.21. The summed E-state index contributed by atoms with van der Waals surface area (Å²) in [5.74, 6) is -1.39. The lowest BCUT2D eigenvalue weighted by molar-refractivity contribution is -0.192. The zero-order chi connectivity index (χ0) is 20.3. The van der Waals surface area contributed by atoms with Crippen LogP contribution in [0.15, 0.2) is 27.7 Å². The highest BCUT2D eigenvalue weighted by atomic mass is 32.1. The zero-order valence-corrected chi connectivity index (χ0v) is 16.3. The van der Waals surface area contributed by atoms with E-state index < -0.39 is 12.1 Å². The van der Waals surface area contributed by atoms with Crippen molar-refractivity contribution in [1.29, 1.82) is 0 Å². The molecule has 0 saturated carbocycles. The third kappa shape index (κ3) is 5.09. The highest BCUT2D eigenvalue weighted by Gasteiger charge is 2.41. The van der Waals surface area contributed by atoms with Crippen LogP contribution in [0.2, 0.25) is 0 Å². The first-order valence-electron chi connectivity index (χ1n) is 8.45. The number of carbonyl (C=O) groups excluding carboxylic acids is 1. The lowest BCUT2D eigenvalue weighted by atomic mass is 10.0. The summed E-state index contributed by atoms with van der Waals surface area (Å²) in [6.07, 6.45) is -5.08. The predicted molar refractivity (Wildman–Crippen MR) is 98.3 cm³/mol. The lowest BCUT2D eigenvalue weighted by Gasteiger charge is -2.20. The summed E-state index contributed by atoms with van der Waals surface area (Å²) >= 11 is 3.25. The second kappa shape index (κ2) is 8.58. The van der Waals surface area contributed by atoms with Crippen LogP contribution >= 0.6 is 22.7 Å². The van der Waals surface area contributed by atoms with E-state index in [1.54, 1.807) is 16.8 Å². The predicted octanol–water partition coefficient (Wildman–Crippen LogP) is 3.04. The molecule has 2 aromatic heterocycles. The molecule has 0 radical (unpaired) electrons. The van der Waals surface area contributed by atoms with Crippen molar-refractivity contribution in [3.63, 3.8) is 0 Å². The Kier molecular flexibility index (Phi) is 6.36. The minimum Gasteiger partial charge on any atom is -0.475 e. The van der Waals surface area contributed by atoms with E-state index in [4.69, 9.17) is 9.90 Å². The molecule has 4 heterocycles. The second-order valence-corrected chi connectivity index (χ2v) is 8.23. The number of aliphatic carboxylic acids is 1. The molecule has 0 bridgehead atoms. The van der Waals surface area contributed by atoms with E-state index in [1.807, 2.05) is 10.3 Å². The molecule has 1 amide bonds. The molecule has 2 aliphatic rings. The maximum Gasteiger partial charge on any atom is 0.490 e. The number of halogens is 3. The van der Waals surface area contributed by atoms with Gasteiger partial charge in [-0.25, -0.2) is 9.78 Å². The fourth-order valence-corrected chi connectivity index (χ4v) is 4.69. The molecular formula is C17H18F3N3O3S2. The Morgan fingerprint density at radius 1 is 1.14 bits per heavy atom. The minimum absolute atomic E-state index is 0.107. The van der Waals surface area contributed by atoms with E-state index in [0.29, 0.717) is 17.5 Å². The molecule has 2 saturated heterocycles. The molecule has 2 atom stereocenters. The van der Waals surface area contributed by atoms with Gasteiger partial charge in [-0.2, -0.15) is 24.5 Å². The van der Waals surface area contributed by atoms with Gasteiger partial charge in [0.25, 0.3) is 5.91 Å². The first-order chi connectivity index (χ1) is 13.2. The average molecular weight is 433 g/mol. The Bertz CT molecular complexity index is 782. The number of hydrogen-bond donors (Lipinski definition) is 1. The van der Waals surface area contributed by atoms with Gasteiger partial charge in [-0.15, -0.1) is 11.3 Å². The molecule has 1 N–H and O–H groups in total. The van der Waals surface area contributed by atoms with Crippen molar-refractivity contribution < 1.29 is 27.9 Å². The van der Waals surface area contributed by atoms with Gasteiger partial charge in [0.05, 0.1) is 5.51 Å². The van der Waals surface area contributed by atoms with Crippen molar-refractivity contribution in [3.05, 3.63) is 39.0 Å². The lowest BCUT2D eigenvalue weighted by Crippen LogP contribution is -2.33. The normalized spacial score (nSPS) is 21.9. The summed E-state index contributed by atoms with van der Waals surface area (Å²) < 4.78 is 31.7. The fraction of sp³-hybridized carbons (Fsp3) is 0.471. The van der Waals surface area contributed by atoms with Crippen LogP contribution in [0, 0.1) is 11.8 Å². The van der Waals surface area contributed by atoms with Gasteiger partial charge in [0.2, 0.25) is 0 Å². The topological polar surface area (TPSA) is 73.7 Å². The van der Waals surface area contributed by atoms with Gasteiger partial charge in [-0.1, -0.05) is 0 Å². The summed E-state index contributed by atoms with van der Waals surface area (Å²) in [5, 5.41) is 13.3. The Labute approximate surface area is 167 Å². The third-order valence-corrected chi connectivity index (χ3v) is 6.05. The van der Waals surface area contributed by atoms with Crippen molar-refractivity contribution in [2.75, 3.05) is 26.2 Å². The smallest absolute Gasteiger partial charge is 0.475 e. The number of amides is 1. The molecule has 11 heteroatoms. The van der Waals surface area contributed by atoms with Gasteiger partial charge in [0.15, 0.2) is 0 Å². The number of thiophene rings is 1. The van der Waals surface area contributed by atoms with E-state index in [-0.39, 0.29) is 5.91 Å². The van der Waals surface area contributed by atoms with E-state index in [1.165, 1.54) is 16.9 Å². The number of thiazole rings is 1. The van der Waals surface area contributed by atoms with Gasteiger partial charge in [0, 0.05) is 38.1 Å². The van der Waals surface area contributed by atoms with Crippen molar-refractivity contribution in [2.24, 2.45) is 11.8 Å². The van der Waals surface area contributed by atoms with Crippen molar-refractivity contribution in [1.82, 2.24) is 14.8 Å². The van der Waals surface area contributed by atoms with Gasteiger partial charge < -0.3 is 10.0 Å². The molecule has 0 aliphatic carbocycles. The quantitative estimate of drug-likeness (QED) is 0.806. The van der Waals surface area contributed by atoms with Crippen LogP contribution in [0.5, 0.6) is 0 Å². The highest BCUT2D eigenvalue weighted by Crippen LogP contribution is 2.32. The van der Waals surface area contributed by atoms with Gasteiger partial charge in [-0.3, -0.25) is 9.69 Å². The first-order valence-corrected chi connectivity index (χ1v) is 10.3. The number of nitrogens with zero attached hydrogens (tertiary/aromatic N) is 3. The standard InChI is InChI=1S/C15H17N3OS2.C2HF3O2/c19-15(14-9-21-10-16-14)18-6-12-4-17(5-13(12)7-18)3-11-1-2-20-8-11;3-2(4,5)1(6)7/h1-2,8-10,12-13H,3-7H2;(H,6,7). The number of alkyl halides is 3. The van der Waals surface area contributed by atoms with Crippen LogP contribution in [-0.2, 0) is 11.3 Å². The number of carboxylic acids is 1. The fourth-order valence-electron chi connectivity index (χ4n) is 3.51. The molecule has 6 nitrogen and oxygen atoms in total. The molecule has 2 aromatic rings. The molecule has 2 unspecified atom stereocenters.